The predicted octanol–water partition coefficient (Wildman–Crippen LogP) is 2.45. The van der Waals surface area contributed by atoms with Crippen LogP contribution in [-0.4, -0.2) is 49.5 Å². The summed E-state index contributed by atoms with van der Waals surface area (Å²) in [5.74, 6) is 0.884. The average molecular weight is 399 g/mol. The third-order valence-corrected chi connectivity index (χ3v) is 7.43. The van der Waals surface area contributed by atoms with Gasteiger partial charge in [-0.05, 0) is 43.9 Å². The van der Waals surface area contributed by atoms with E-state index in [1.54, 1.807) is 17.8 Å². The molecular weight excluding hydrogens is 368 g/mol. The number of anilines is 1. The summed E-state index contributed by atoms with van der Waals surface area (Å²) in [6.45, 7) is 0.888. The molecule has 3 aliphatic rings. The Morgan fingerprint density at radius 3 is 2.48 bits per heavy atom. The maximum absolute atomic E-state index is 12.8. The third-order valence-electron chi connectivity index (χ3n) is 7.43. The Kier molecular flexibility index (Phi) is 4.40. The van der Waals surface area contributed by atoms with Crippen molar-refractivity contribution in [1.29, 1.82) is 0 Å². The normalized spacial score (nSPS) is 28.1. The smallest absolute Gasteiger partial charge is 0.330 e. The number of nitrogens with zero attached hydrogens (tertiary/aromatic N) is 5. The van der Waals surface area contributed by atoms with Crippen molar-refractivity contribution in [3.8, 4) is 0 Å². The minimum absolute atomic E-state index is 0.00739. The molecule has 156 valence electrons. The highest BCUT2D eigenvalue weighted by Crippen LogP contribution is 2.44. The van der Waals surface area contributed by atoms with Gasteiger partial charge in [0.25, 0.3) is 0 Å². The van der Waals surface area contributed by atoms with E-state index < -0.39 is 0 Å². The molecule has 2 saturated carbocycles. The lowest BCUT2D eigenvalue weighted by atomic mass is 9.72. The van der Waals surface area contributed by atoms with E-state index in [1.807, 2.05) is 16.5 Å². The zero-order valence-electron chi connectivity index (χ0n) is 17.4. The molecule has 1 aliphatic heterocycles. The number of nitrogens with one attached hydrogen (secondary N) is 1. The molecule has 1 spiro atoms. The van der Waals surface area contributed by atoms with Crippen LogP contribution in [0.25, 0.3) is 11.2 Å². The number of carbonyl (C=O) groups is 1. The van der Waals surface area contributed by atoms with Crippen LogP contribution in [0.15, 0.2) is 11.0 Å². The number of hydrogen-bond donors (Lipinski definition) is 1. The van der Waals surface area contributed by atoms with Crippen molar-refractivity contribution in [3.63, 3.8) is 0 Å². The first-order valence-electron chi connectivity index (χ1n) is 10.9. The minimum atomic E-state index is 0.00739. The number of likely N-dealkylation sites (tertiary alicyclic amines) is 1. The van der Waals surface area contributed by atoms with Gasteiger partial charge in [-0.15, -0.1) is 0 Å². The summed E-state index contributed by atoms with van der Waals surface area (Å²) in [4.78, 5) is 35.9. The van der Waals surface area contributed by atoms with Crippen LogP contribution in [0, 0.1) is 5.41 Å². The molecule has 0 radical (unpaired) electrons. The summed E-state index contributed by atoms with van der Waals surface area (Å²) >= 11 is 0. The molecule has 1 amide bonds. The molecule has 2 aromatic heterocycles. The summed E-state index contributed by atoms with van der Waals surface area (Å²) in [6, 6.07) is 0.565. The molecule has 29 heavy (non-hydrogen) atoms. The number of fused-ring (bicyclic) bond motifs is 1. The second kappa shape index (κ2) is 6.85. The zero-order valence-corrected chi connectivity index (χ0v) is 17.4. The Morgan fingerprint density at radius 2 is 1.83 bits per heavy atom. The van der Waals surface area contributed by atoms with Gasteiger partial charge in [0, 0.05) is 39.1 Å². The quantitative estimate of drug-likeness (QED) is 0.858. The fourth-order valence-corrected chi connectivity index (χ4v) is 5.69. The molecule has 2 aliphatic carbocycles. The summed E-state index contributed by atoms with van der Waals surface area (Å²) in [5, 5.41) is 3.50. The molecule has 0 aromatic carbocycles. The zero-order chi connectivity index (χ0) is 20.2. The molecule has 2 aromatic rings. The Bertz CT molecular complexity index is 995. The van der Waals surface area contributed by atoms with E-state index in [0.29, 0.717) is 18.4 Å². The van der Waals surface area contributed by atoms with Crippen LogP contribution in [0.1, 0.15) is 63.8 Å². The van der Waals surface area contributed by atoms with E-state index in [2.05, 4.69) is 10.3 Å². The highest BCUT2D eigenvalue weighted by atomic mass is 16.2. The van der Waals surface area contributed by atoms with Crippen LogP contribution in [-0.2, 0) is 11.8 Å². The molecule has 5 rings (SSSR count). The summed E-state index contributed by atoms with van der Waals surface area (Å²) in [7, 11) is 3.71. The fourth-order valence-electron chi connectivity index (χ4n) is 5.69. The van der Waals surface area contributed by atoms with E-state index >= 15 is 0 Å². The lowest BCUT2D eigenvalue weighted by Crippen LogP contribution is -2.35. The van der Waals surface area contributed by atoms with Gasteiger partial charge in [0.15, 0.2) is 5.65 Å². The maximum Gasteiger partial charge on any atom is 0.330 e. The standard InChI is InChI=1S/C21H30N6O2/c1-25-13-21(11-17(25)28)9-7-14(8-10-21)23-19-22-12-16-18(24-19)27(20(29)26(16)2)15-5-3-4-6-15/h12,14-15H,3-11,13H2,1-2H3,(H,22,23,24). The first-order chi connectivity index (χ1) is 14.0. The number of carbonyl (C=O) groups excluding carboxylic acids is 1. The van der Waals surface area contributed by atoms with Crippen molar-refractivity contribution in [2.24, 2.45) is 12.5 Å². The molecule has 8 heteroatoms. The van der Waals surface area contributed by atoms with Gasteiger partial charge >= 0.3 is 5.69 Å². The lowest BCUT2D eigenvalue weighted by molar-refractivity contribution is -0.126. The van der Waals surface area contributed by atoms with Gasteiger partial charge in [-0.1, -0.05) is 12.8 Å². The van der Waals surface area contributed by atoms with Crippen LogP contribution in [0.3, 0.4) is 0 Å². The lowest BCUT2D eigenvalue weighted by Gasteiger charge is -2.36. The minimum Gasteiger partial charge on any atom is -0.351 e. The average Bonchev–Trinajstić information content (AvgIpc) is 3.38. The third kappa shape index (κ3) is 3.13. The first-order valence-corrected chi connectivity index (χ1v) is 10.9. The Morgan fingerprint density at radius 1 is 1.10 bits per heavy atom. The SMILES string of the molecule is CN1CC2(CCC(Nc3ncc4c(n3)n(C3CCCC3)c(=O)n4C)CC2)CC1=O. The highest BCUT2D eigenvalue weighted by Gasteiger charge is 2.43. The molecule has 1 saturated heterocycles. The molecule has 0 unspecified atom stereocenters. The van der Waals surface area contributed by atoms with Crippen LogP contribution >= 0.6 is 0 Å². The second-order valence-electron chi connectivity index (χ2n) is 9.40. The van der Waals surface area contributed by atoms with Gasteiger partial charge in [0.1, 0.15) is 5.52 Å². The van der Waals surface area contributed by atoms with Gasteiger partial charge in [0.2, 0.25) is 11.9 Å². The fraction of sp³-hybridized carbons (Fsp3) is 0.714. The Balaban J connectivity index is 1.35. The highest BCUT2D eigenvalue weighted by molar-refractivity contribution is 5.79. The van der Waals surface area contributed by atoms with Crippen molar-refractivity contribution in [2.45, 2.75) is 69.9 Å². The van der Waals surface area contributed by atoms with Crippen molar-refractivity contribution in [1.82, 2.24) is 24.0 Å². The van der Waals surface area contributed by atoms with Gasteiger partial charge in [-0.25, -0.2) is 9.78 Å². The summed E-state index contributed by atoms with van der Waals surface area (Å²) < 4.78 is 3.54. The molecule has 0 atom stereocenters. The maximum atomic E-state index is 12.8. The number of imidazole rings is 1. The molecule has 3 heterocycles. The largest absolute Gasteiger partial charge is 0.351 e. The Hall–Kier alpha value is -2.38. The number of aryl methyl sites for hydroxylation is 1. The van der Waals surface area contributed by atoms with E-state index in [1.165, 1.54) is 12.8 Å². The van der Waals surface area contributed by atoms with E-state index in [9.17, 15) is 9.59 Å². The molecular formula is C21H30N6O2. The molecule has 3 fully saturated rings. The van der Waals surface area contributed by atoms with Crippen molar-refractivity contribution < 1.29 is 4.79 Å². The van der Waals surface area contributed by atoms with Crippen molar-refractivity contribution in [2.75, 3.05) is 18.9 Å². The molecule has 1 N–H and O–H groups in total. The van der Waals surface area contributed by atoms with Crippen LogP contribution in [0.4, 0.5) is 5.95 Å². The molecule has 0 bridgehead atoms. The van der Waals surface area contributed by atoms with Gasteiger partial charge in [-0.3, -0.25) is 13.9 Å². The Labute approximate surface area is 170 Å². The van der Waals surface area contributed by atoms with E-state index in [0.717, 1.165) is 56.2 Å². The van der Waals surface area contributed by atoms with Crippen LogP contribution < -0.4 is 11.0 Å². The first kappa shape index (κ1) is 18.6. The van der Waals surface area contributed by atoms with Crippen molar-refractivity contribution >= 4 is 23.0 Å². The topological polar surface area (TPSA) is 85.0 Å². The molecule has 8 nitrogen and oxygen atoms in total. The number of aromatic nitrogens is 4. The van der Waals surface area contributed by atoms with Crippen LogP contribution in [0.2, 0.25) is 0 Å². The van der Waals surface area contributed by atoms with E-state index in [-0.39, 0.29) is 23.1 Å². The van der Waals surface area contributed by atoms with Crippen molar-refractivity contribution in [3.05, 3.63) is 16.7 Å². The van der Waals surface area contributed by atoms with Gasteiger partial charge in [-0.2, -0.15) is 4.98 Å². The summed E-state index contributed by atoms with van der Waals surface area (Å²) in [5.41, 5.74) is 1.71. The number of amides is 1. The second-order valence-corrected chi connectivity index (χ2v) is 9.40. The predicted molar refractivity (Wildman–Crippen MR) is 111 cm³/mol. The number of rotatable bonds is 3. The van der Waals surface area contributed by atoms with Gasteiger partial charge in [0.05, 0.1) is 6.20 Å². The number of hydrogen-bond acceptors (Lipinski definition) is 5. The van der Waals surface area contributed by atoms with Gasteiger partial charge < -0.3 is 10.2 Å². The summed E-state index contributed by atoms with van der Waals surface area (Å²) in [6.07, 6.45) is 11.0. The van der Waals surface area contributed by atoms with E-state index in [4.69, 9.17) is 4.98 Å². The van der Waals surface area contributed by atoms with Crippen LogP contribution in [0.5, 0.6) is 0 Å². The monoisotopic (exact) mass is 398 g/mol.